The first-order valence-electron chi connectivity index (χ1n) is 4.80. The molecule has 0 heterocycles. The van der Waals surface area contributed by atoms with E-state index in [0.717, 1.165) is 12.8 Å². The molecule has 2 aliphatic carbocycles. The number of rotatable bonds is 1. The Bertz CT molecular complexity index is 311. The maximum atomic E-state index is 8.76. The fourth-order valence-electron chi connectivity index (χ4n) is 2.79. The minimum Gasteiger partial charge on any atom is -0.198 e. The van der Waals surface area contributed by atoms with Gasteiger partial charge in [-0.1, -0.05) is 19.4 Å². The van der Waals surface area contributed by atoms with Crippen LogP contribution in [0.3, 0.4) is 0 Å². The summed E-state index contributed by atoms with van der Waals surface area (Å²) in [6.07, 6.45) is 5.12. The molecule has 0 saturated heterocycles. The third kappa shape index (κ3) is 0.987. The van der Waals surface area contributed by atoms with Crippen LogP contribution in [0.15, 0.2) is 11.6 Å². The third-order valence-corrected chi connectivity index (χ3v) is 4.76. The summed E-state index contributed by atoms with van der Waals surface area (Å²) in [5, 5.41) is 8.76. The fraction of sp³-hybridized carbons (Fsp3) is 0.727. The smallest absolute Gasteiger partial charge is 0.198 e. The van der Waals surface area contributed by atoms with Crippen molar-refractivity contribution in [1.29, 1.82) is 5.26 Å². The maximum absolute atomic E-state index is 8.76. The lowest BCUT2D eigenvalue weighted by Crippen LogP contribution is -2.43. The number of allylic oxidation sites excluding steroid dienone is 2. The summed E-state index contributed by atoms with van der Waals surface area (Å²) in [4.78, 5) is -0.0517. The van der Waals surface area contributed by atoms with Gasteiger partial charge in [0.2, 0.25) is 4.87 Å². The SMILES string of the molecule is CC1(C)[C@@H](CC#N)C2=C[C@]1([ClH+])CC2. The highest BCUT2D eigenvalue weighted by Crippen LogP contribution is 2.59. The van der Waals surface area contributed by atoms with Gasteiger partial charge in [-0.2, -0.15) is 5.26 Å². The predicted octanol–water partition coefficient (Wildman–Crippen LogP) is 2.30. The molecule has 0 spiro atoms. The lowest BCUT2D eigenvalue weighted by molar-refractivity contribution is -0.488. The number of alkyl halides is 1. The molecule has 0 unspecified atom stereocenters. The van der Waals surface area contributed by atoms with Gasteiger partial charge in [0.25, 0.3) is 0 Å². The third-order valence-electron chi connectivity index (χ3n) is 3.91. The second kappa shape index (κ2) is 2.51. The maximum Gasteiger partial charge on any atom is 0.213 e. The molecule has 0 amide bonds. The summed E-state index contributed by atoms with van der Waals surface area (Å²) in [5.41, 5.74) is 1.56. The molecule has 0 N–H and O–H groups in total. The predicted molar refractivity (Wildman–Crippen MR) is 48.9 cm³/mol. The van der Waals surface area contributed by atoms with Crippen molar-refractivity contribution >= 4 is 0 Å². The Balaban J connectivity index is 2.34. The zero-order chi connectivity index (χ0) is 9.69. The molecule has 0 aromatic carbocycles. The Morgan fingerprint density at radius 3 is 2.85 bits per heavy atom. The number of hydrogen-bond acceptors (Lipinski definition) is 1. The molecule has 0 saturated carbocycles. The van der Waals surface area contributed by atoms with Crippen LogP contribution in [0.25, 0.3) is 0 Å². The van der Waals surface area contributed by atoms with E-state index in [1.165, 1.54) is 5.57 Å². The Kier molecular flexibility index (Phi) is 1.76. The summed E-state index contributed by atoms with van der Waals surface area (Å²) in [7, 11) is 0. The van der Waals surface area contributed by atoms with Crippen molar-refractivity contribution in [2.75, 3.05) is 0 Å². The molecule has 2 bridgehead atoms. The van der Waals surface area contributed by atoms with Crippen molar-refractivity contribution in [1.82, 2.24) is 0 Å². The van der Waals surface area contributed by atoms with Gasteiger partial charge in [0.05, 0.1) is 6.07 Å². The molecule has 0 aliphatic heterocycles. The number of nitrogens with zero attached hydrogens (tertiary/aromatic N) is 1. The second-order valence-corrected chi connectivity index (χ2v) is 5.47. The molecule has 2 atom stereocenters. The van der Waals surface area contributed by atoms with Crippen LogP contribution in [0, 0.1) is 34.3 Å². The van der Waals surface area contributed by atoms with E-state index in [0.29, 0.717) is 12.3 Å². The standard InChI is InChI=1S/C11H15ClN/c1-10(2)9(4-6-13)8-3-5-11(10,12)7-8/h7,9,12H,3-5H2,1-2H3/q+1/t9-,11+/m0/s1. The molecule has 2 aliphatic rings. The van der Waals surface area contributed by atoms with Gasteiger partial charge >= 0.3 is 0 Å². The Morgan fingerprint density at radius 1 is 1.69 bits per heavy atom. The van der Waals surface area contributed by atoms with Gasteiger partial charge in [0.1, 0.15) is 11.6 Å². The molecule has 2 rings (SSSR count). The van der Waals surface area contributed by atoms with Crippen molar-refractivity contribution in [3.8, 4) is 6.07 Å². The monoisotopic (exact) mass is 196 g/mol. The van der Waals surface area contributed by atoms with Crippen LogP contribution < -0.4 is 0 Å². The zero-order valence-electron chi connectivity index (χ0n) is 8.13. The summed E-state index contributed by atoms with van der Waals surface area (Å²) in [5.74, 6) is 0.420. The van der Waals surface area contributed by atoms with Crippen LogP contribution in [0.2, 0.25) is 0 Å². The molecule has 0 aromatic rings. The van der Waals surface area contributed by atoms with E-state index in [-0.39, 0.29) is 10.3 Å². The van der Waals surface area contributed by atoms with Gasteiger partial charge in [0.15, 0.2) is 0 Å². The van der Waals surface area contributed by atoms with E-state index in [9.17, 15) is 0 Å². The minimum absolute atomic E-state index is 0.0517. The first-order chi connectivity index (χ1) is 6.01. The van der Waals surface area contributed by atoms with Crippen LogP contribution in [0.4, 0.5) is 0 Å². The highest BCUT2D eigenvalue weighted by molar-refractivity contribution is 5.34. The van der Waals surface area contributed by atoms with E-state index in [4.69, 9.17) is 16.9 Å². The molecular weight excluding hydrogens is 182 g/mol. The number of fused-ring (bicyclic) bond motifs is 1. The van der Waals surface area contributed by atoms with E-state index < -0.39 is 0 Å². The fourth-order valence-corrected chi connectivity index (χ4v) is 3.19. The van der Waals surface area contributed by atoms with Crippen LogP contribution in [0.5, 0.6) is 0 Å². The summed E-state index contributed by atoms with van der Waals surface area (Å²) in [6.45, 7) is 4.43. The molecule has 13 heavy (non-hydrogen) atoms. The largest absolute Gasteiger partial charge is 0.213 e. The van der Waals surface area contributed by atoms with Gasteiger partial charge in [-0.15, -0.1) is 0 Å². The number of nitriles is 1. The Labute approximate surface area is 84.4 Å². The average molecular weight is 197 g/mol. The highest BCUT2D eigenvalue weighted by atomic mass is 35.5. The topological polar surface area (TPSA) is 23.8 Å². The van der Waals surface area contributed by atoms with Gasteiger partial charge in [-0.05, 0) is 12.5 Å². The number of hydrogen-bond donors (Lipinski definition) is 0. The molecule has 0 fully saturated rings. The normalized spacial score (nSPS) is 40.2. The van der Waals surface area contributed by atoms with E-state index >= 15 is 0 Å². The molecule has 0 radical (unpaired) electrons. The van der Waals surface area contributed by atoms with E-state index in [1.807, 2.05) is 0 Å². The highest BCUT2D eigenvalue weighted by Gasteiger charge is 2.62. The molecule has 1 nitrogen and oxygen atoms in total. The summed E-state index contributed by atoms with van der Waals surface area (Å²) < 4.78 is 0. The molecular formula is C11H15ClN+. The summed E-state index contributed by atoms with van der Waals surface area (Å²) >= 11 is 5.65. The van der Waals surface area contributed by atoms with E-state index in [2.05, 4.69) is 26.0 Å². The van der Waals surface area contributed by atoms with Crippen molar-refractivity contribution in [2.24, 2.45) is 11.3 Å². The Hall–Kier alpha value is -0.480. The molecule has 0 aromatic heterocycles. The van der Waals surface area contributed by atoms with Gasteiger partial charge in [-0.25, -0.2) is 0 Å². The van der Waals surface area contributed by atoms with Crippen LogP contribution in [0.1, 0.15) is 33.1 Å². The minimum atomic E-state index is -0.0517. The first-order valence-corrected chi connectivity index (χ1v) is 5.21. The lowest BCUT2D eigenvalue weighted by atomic mass is 9.66. The van der Waals surface area contributed by atoms with Gasteiger partial charge in [0, 0.05) is 24.2 Å². The second-order valence-electron chi connectivity index (χ2n) is 4.75. The van der Waals surface area contributed by atoms with Crippen molar-refractivity contribution in [3.63, 3.8) is 0 Å². The van der Waals surface area contributed by atoms with Gasteiger partial charge in [-0.3, -0.25) is 0 Å². The quantitative estimate of drug-likeness (QED) is 0.467. The molecule has 2 heteroatoms. The number of halogens is 1. The average Bonchev–Trinajstić information content (AvgIpc) is 2.50. The van der Waals surface area contributed by atoms with Crippen LogP contribution in [-0.2, 0) is 0 Å². The van der Waals surface area contributed by atoms with Crippen LogP contribution in [-0.4, -0.2) is 4.87 Å². The summed E-state index contributed by atoms with van der Waals surface area (Å²) in [6, 6.07) is 2.28. The Morgan fingerprint density at radius 2 is 2.38 bits per heavy atom. The van der Waals surface area contributed by atoms with Crippen molar-refractivity contribution in [2.45, 2.75) is 38.0 Å². The van der Waals surface area contributed by atoms with Crippen LogP contribution >= 0.6 is 0 Å². The molecule has 70 valence electrons. The zero-order valence-corrected chi connectivity index (χ0v) is 8.95. The van der Waals surface area contributed by atoms with Gasteiger partial charge < -0.3 is 0 Å². The van der Waals surface area contributed by atoms with Crippen molar-refractivity contribution < 1.29 is 11.6 Å². The first kappa shape index (κ1) is 9.09. The van der Waals surface area contributed by atoms with Crippen molar-refractivity contribution in [3.05, 3.63) is 11.6 Å². The van der Waals surface area contributed by atoms with E-state index in [1.54, 1.807) is 0 Å². The lowest BCUT2D eigenvalue weighted by Gasteiger charge is -2.37.